The minimum atomic E-state index is -1.22. The molecule has 0 aliphatic carbocycles. The molecule has 1 aromatic rings. The number of carboxylic acids is 1. The zero-order valence-electron chi connectivity index (χ0n) is 11.7. The Morgan fingerprint density at radius 1 is 1.24 bits per heavy atom. The van der Waals surface area contributed by atoms with Crippen LogP contribution in [0.3, 0.4) is 0 Å². The van der Waals surface area contributed by atoms with E-state index in [9.17, 15) is 14.4 Å². The number of ether oxygens (including phenoxy) is 1. The average molecular weight is 294 g/mol. The normalized spacial score (nSPS) is 11.5. The van der Waals surface area contributed by atoms with Gasteiger partial charge in [0, 0.05) is 0 Å². The number of hydrogen-bond donors (Lipinski definition) is 2. The highest BCUT2D eigenvalue weighted by Crippen LogP contribution is 2.14. The largest absolute Gasteiger partial charge is 0.481 e. The number of rotatable bonds is 8. The van der Waals surface area contributed by atoms with Crippen LogP contribution in [0.4, 0.5) is 0 Å². The third kappa shape index (κ3) is 5.52. The fourth-order valence-corrected chi connectivity index (χ4v) is 1.74. The topological polar surface area (TPSA) is 110 Å². The van der Waals surface area contributed by atoms with Gasteiger partial charge in [0.15, 0.2) is 6.10 Å². The maximum Gasteiger partial charge on any atom is 0.323 e. The van der Waals surface area contributed by atoms with Gasteiger partial charge in [-0.15, -0.1) is 0 Å². The Balaban J connectivity index is 2.82. The Kier molecular flexibility index (Phi) is 6.19. The quantitative estimate of drug-likeness (QED) is 0.713. The highest BCUT2D eigenvalue weighted by molar-refractivity contribution is 5.89. The van der Waals surface area contributed by atoms with Crippen LogP contribution in [-0.2, 0) is 14.4 Å². The van der Waals surface area contributed by atoms with E-state index in [1.165, 1.54) is 0 Å². The lowest BCUT2D eigenvalue weighted by Crippen LogP contribution is -2.47. The monoisotopic (exact) mass is 294 g/mol. The van der Waals surface area contributed by atoms with Crippen molar-refractivity contribution in [2.24, 2.45) is 5.73 Å². The molecule has 0 aliphatic heterocycles. The molecule has 0 aromatic heterocycles. The molecule has 0 saturated heterocycles. The number of aliphatic carboxylic acids is 1. The molecule has 21 heavy (non-hydrogen) atoms. The highest BCUT2D eigenvalue weighted by Gasteiger charge is 2.27. The van der Waals surface area contributed by atoms with E-state index in [1.807, 2.05) is 0 Å². The summed E-state index contributed by atoms with van der Waals surface area (Å²) >= 11 is 0. The molecule has 1 atom stereocenters. The molecule has 1 aromatic carbocycles. The SMILES string of the molecule is CCC(Oc1ccccc1)C(=O)N(CC(N)=O)CC(=O)O. The van der Waals surface area contributed by atoms with Crippen LogP contribution in [0.2, 0.25) is 0 Å². The van der Waals surface area contributed by atoms with Crippen LogP contribution in [0.1, 0.15) is 13.3 Å². The fourth-order valence-electron chi connectivity index (χ4n) is 1.74. The summed E-state index contributed by atoms with van der Waals surface area (Å²) in [5.41, 5.74) is 5.03. The van der Waals surface area contributed by atoms with Crippen LogP contribution in [0.5, 0.6) is 5.75 Å². The minimum Gasteiger partial charge on any atom is -0.481 e. The lowest BCUT2D eigenvalue weighted by molar-refractivity contribution is -0.149. The van der Waals surface area contributed by atoms with E-state index in [4.69, 9.17) is 15.6 Å². The lowest BCUT2D eigenvalue weighted by Gasteiger charge is -2.24. The van der Waals surface area contributed by atoms with Crippen LogP contribution in [0.25, 0.3) is 0 Å². The van der Waals surface area contributed by atoms with Crippen molar-refractivity contribution in [3.8, 4) is 5.75 Å². The molecule has 0 bridgehead atoms. The summed E-state index contributed by atoms with van der Waals surface area (Å²) in [5, 5.41) is 8.80. The maximum atomic E-state index is 12.3. The first-order chi connectivity index (χ1) is 9.93. The first-order valence-corrected chi connectivity index (χ1v) is 6.44. The Labute approximate surface area is 122 Å². The Bertz CT molecular complexity index is 487. The summed E-state index contributed by atoms with van der Waals surface area (Å²) in [7, 11) is 0. The van der Waals surface area contributed by atoms with E-state index >= 15 is 0 Å². The molecule has 0 radical (unpaired) electrons. The van der Waals surface area contributed by atoms with Gasteiger partial charge in [-0.25, -0.2) is 0 Å². The van der Waals surface area contributed by atoms with Crippen LogP contribution in [-0.4, -0.2) is 47.0 Å². The van der Waals surface area contributed by atoms with E-state index in [0.29, 0.717) is 12.2 Å². The van der Waals surface area contributed by atoms with Crippen molar-refractivity contribution in [3.05, 3.63) is 30.3 Å². The number of carboxylic acid groups (broad SMARTS) is 1. The van der Waals surface area contributed by atoms with Gasteiger partial charge in [-0.05, 0) is 18.6 Å². The van der Waals surface area contributed by atoms with Crippen molar-refractivity contribution in [2.75, 3.05) is 13.1 Å². The van der Waals surface area contributed by atoms with Crippen molar-refractivity contribution in [1.29, 1.82) is 0 Å². The van der Waals surface area contributed by atoms with Crippen LogP contribution < -0.4 is 10.5 Å². The number of carbonyl (C=O) groups is 3. The van der Waals surface area contributed by atoms with Gasteiger partial charge >= 0.3 is 5.97 Å². The number of para-hydroxylation sites is 1. The average Bonchev–Trinajstić information content (AvgIpc) is 2.43. The standard InChI is InChI=1S/C14H18N2O5/c1-2-11(21-10-6-4-3-5-7-10)14(20)16(8-12(15)17)9-13(18)19/h3-7,11H,2,8-9H2,1H3,(H2,15,17)(H,18,19). The molecule has 0 fully saturated rings. The summed E-state index contributed by atoms with van der Waals surface area (Å²) in [4.78, 5) is 34.9. The van der Waals surface area contributed by atoms with E-state index in [-0.39, 0.29) is 0 Å². The third-order valence-electron chi connectivity index (χ3n) is 2.65. The zero-order valence-corrected chi connectivity index (χ0v) is 11.7. The molecule has 0 spiro atoms. The van der Waals surface area contributed by atoms with Gasteiger partial charge in [-0.3, -0.25) is 14.4 Å². The van der Waals surface area contributed by atoms with Gasteiger partial charge in [0.1, 0.15) is 18.8 Å². The number of carbonyl (C=O) groups excluding carboxylic acids is 2. The van der Waals surface area contributed by atoms with Crippen molar-refractivity contribution >= 4 is 17.8 Å². The van der Waals surface area contributed by atoms with Gasteiger partial charge in [0.05, 0.1) is 0 Å². The predicted molar refractivity (Wildman–Crippen MR) is 74.6 cm³/mol. The molecule has 3 N–H and O–H groups in total. The zero-order chi connectivity index (χ0) is 15.8. The number of amides is 2. The summed E-state index contributed by atoms with van der Waals surface area (Å²) < 4.78 is 5.53. The number of primary amides is 1. The van der Waals surface area contributed by atoms with Crippen LogP contribution >= 0.6 is 0 Å². The summed E-state index contributed by atoms with van der Waals surface area (Å²) in [6.07, 6.45) is -0.533. The molecule has 0 heterocycles. The molecule has 1 unspecified atom stereocenters. The van der Waals surface area contributed by atoms with Gasteiger partial charge in [0.25, 0.3) is 5.91 Å². The Hall–Kier alpha value is -2.57. The van der Waals surface area contributed by atoms with E-state index in [1.54, 1.807) is 37.3 Å². The molecule has 114 valence electrons. The lowest BCUT2D eigenvalue weighted by atomic mass is 10.2. The second-order valence-electron chi connectivity index (χ2n) is 4.38. The summed E-state index contributed by atoms with van der Waals surface area (Å²) in [6.45, 7) is 0.672. The number of nitrogens with two attached hydrogens (primary N) is 1. The molecule has 0 aliphatic rings. The van der Waals surface area contributed by atoms with Crippen molar-refractivity contribution in [1.82, 2.24) is 4.90 Å². The van der Waals surface area contributed by atoms with Crippen molar-refractivity contribution in [2.45, 2.75) is 19.4 Å². The molecule has 2 amide bonds. The molecular formula is C14H18N2O5. The molecule has 1 rings (SSSR count). The second-order valence-corrected chi connectivity index (χ2v) is 4.38. The van der Waals surface area contributed by atoms with Gasteiger partial charge in [-0.2, -0.15) is 0 Å². The fraction of sp³-hybridized carbons (Fsp3) is 0.357. The Morgan fingerprint density at radius 2 is 1.86 bits per heavy atom. The maximum absolute atomic E-state index is 12.3. The van der Waals surface area contributed by atoms with Gasteiger partial charge in [0.2, 0.25) is 5.91 Å². The smallest absolute Gasteiger partial charge is 0.323 e. The number of benzene rings is 1. The van der Waals surface area contributed by atoms with E-state index in [0.717, 1.165) is 4.90 Å². The van der Waals surface area contributed by atoms with Crippen LogP contribution in [0, 0.1) is 0 Å². The Morgan fingerprint density at radius 3 is 2.33 bits per heavy atom. The molecular weight excluding hydrogens is 276 g/mol. The second kappa shape index (κ2) is 7.88. The minimum absolute atomic E-state index is 0.336. The van der Waals surface area contributed by atoms with E-state index < -0.39 is 37.0 Å². The number of nitrogens with zero attached hydrogens (tertiary/aromatic N) is 1. The highest BCUT2D eigenvalue weighted by atomic mass is 16.5. The van der Waals surface area contributed by atoms with Gasteiger partial charge < -0.3 is 20.5 Å². The predicted octanol–water partition coefficient (Wildman–Crippen LogP) is 0.243. The molecule has 0 saturated carbocycles. The third-order valence-corrected chi connectivity index (χ3v) is 2.65. The van der Waals surface area contributed by atoms with Crippen molar-refractivity contribution in [3.63, 3.8) is 0 Å². The van der Waals surface area contributed by atoms with Crippen molar-refractivity contribution < 1.29 is 24.2 Å². The first kappa shape index (κ1) is 16.5. The summed E-state index contributed by atoms with van der Waals surface area (Å²) in [6, 6.07) is 8.69. The molecule has 7 heteroatoms. The number of hydrogen-bond acceptors (Lipinski definition) is 4. The van der Waals surface area contributed by atoms with E-state index in [2.05, 4.69) is 0 Å². The van der Waals surface area contributed by atoms with Gasteiger partial charge in [-0.1, -0.05) is 25.1 Å². The molecule has 7 nitrogen and oxygen atoms in total. The first-order valence-electron chi connectivity index (χ1n) is 6.44. The summed E-state index contributed by atoms with van der Waals surface area (Å²) in [5.74, 6) is -2.09. The van der Waals surface area contributed by atoms with Crippen LogP contribution in [0.15, 0.2) is 30.3 Å².